The van der Waals surface area contributed by atoms with Crippen molar-refractivity contribution in [3.8, 4) is 0 Å². The van der Waals surface area contributed by atoms with Crippen molar-refractivity contribution in [1.29, 1.82) is 0 Å². The van der Waals surface area contributed by atoms with Crippen LogP contribution in [0.25, 0.3) is 10.4 Å². The van der Waals surface area contributed by atoms with E-state index in [1.54, 1.807) is 4.90 Å². The van der Waals surface area contributed by atoms with Crippen LogP contribution < -0.4 is 0 Å². The highest BCUT2D eigenvalue weighted by molar-refractivity contribution is 5.68. The van der Waals surface area contributed by atoms with E-state index in [0.717, 1.165) is 16.7 Å². The predicted molar refractivity (Wildman–Crippen MR) is 142 cm³/mol. The molecule has 1 N–H and O–H groups in total. The Kier molecular flexibility index (Phi) is 10.1. The van der Waals surface area contributed by atoms with Gasteiger partial charge in [-0.05, 0) is 35.1 Å². The number of hydrogen-bond donors (Lipinski definition) is 1. The number of aliphatic hydroxyl groups excluding tert-OH is 1. The predicted octanol–water partition coefficient (Wildman–Crippen LogP) is 5.59. The summed E-state index contributed by atoms with van der Waals surface area (Å²) in [6.07, 6.45) is -1.46. The molecule has 0 bridgehead atoms. The van der Waals surface area contributed by atoms with Gasteiger partial charge in [-0.15, -0.1) is 0 Å². The Morgan fingerprint density at radius 2 is 1.53 bits per heavy atom. The number of carbonyl (C=O) groups excluding carboxylic acids is 1. The molecule has 38 heavy (non-hydrogen) atoms. The summed E-state index contributed by atoms with van der Waals surface area (Å²) in [5, 5.41) is 14.2. The molecular weight excluding hydrogens is 484 g/mol. The van der Waals surface area contributed by atoms with Gasteiger partial charge in [-0.1, -0.05) is 96.1 Å². The summed E-state index contributed by atoms with van der Waals surface area (Å²) in [7, 11) is 0. The minimum absolute atomic E-state index is 0.121. The number of azide groups is 1. The number of aliphatic hydroxyl groups is 1. The summed E-state index contributed by atoms with van der Waals surface area (Å²) in [6.45, 7) is 0.900. The Morgan fingerprint density at radius 3 is 2.11 bits per heavy atom. The van der Waals surface area contributed by atoms with Crippen LogP contribution >= 0.6 is 0 Å². The summed E-state index contributed by atoms with van der Waals surface area (Å²) in [6, 6.07) is 27.6. The first-order chi connectivity index (χ1) is 18.6. The molecule has 198 valence electrons. The fourth-order valence-electron chi connectivity index (χ4n) is 4.45. The molecule has 1 aliphatic heterocycles. The molecule has 3 aromatic rings. The number of rotatable bonds is 11. The zero-order chi connectivity index (χ0) is 26.6. The third-order valence-electron chi connectivity index (χ3n) is 6.46. The van der Waals surface area contributed by atoms with Crippen molar-refractivity contribution in [3.05, 3.63) is 118 Å². The molecule has 0 saturated carbocycles. The van der Waals surface area contributed by atoms with Gasteiger partial charge in [0.05, 0.1) is 31.4 Å². The van der Waals surface area contributed by atoms with Crippen molar-refractivity contribution in [1.82, 2.24) is 4.90 Å². The van der Waals surface area contributed by atoms with E-state index in [9.17, 15) is 9.90 Å². The van der Waals surface area contributed by atoms with E-state index >= 15 is 0 Å². The van der Waals surface area contributed by atoms with Crippen LogP contribution in [-0.2, 0) is 34.0 Å². The molecule has 1 fully saturated rings. The van der Waals surface area contributed by atoms with Gasteiger partial charge < -0.3 is 19.3 Å². The van der Waals surface area contributed by atoms with E-state index in [0.29, 0.717) is 19.4 Å². The van der Waals surface area contributed by atoms with Crippen LogP contribution in [-0.4, -0.2) is 47.2 Å². The van der Waals surface area contributed by atoms with Gasteiger partial charge in [0.15, 0.2) is 6.29 Å². The molecule has 9 heteroatoms. The van der Waals surface area contributed by atoms with Crippen molar-refractivity contribution in [3.63, 3.8) is 0 Å². The van der Waals surface area contributed by atoms with Gasteiger partial charge in [0, 0.05) is 11.5 Å². The van der Waals surface area contributed by atoms with Gasteiger partial charge >= 0.3 is 6.09 Å². The van der Waals surface area contributed by atoms with Crippen molar-refractivity contribution in [2.24, 2.45) is 5.11 Å². The Hall–Kier alpha value is -3.88. The topological polar surface area (TPSA) is 117 Å². The van der Waals surface area contributed by atoms with E-state index in [1.807, 2.05) is 91.0 Å². The van der Waals surface area contributed by atoms with Crippen molar-refractivity contribution >= 4 is 6.09 Å². The highest BCUT2D eigenvalue weighted by Crippen LogP contribution is 2.27. The molecular formula is C29H32N4O5. The molecule has 0 spiro atoms. The van der Waals surface area contributed by atoms with Crippen LogP contribution in [0.1, 0.15) is 29.5 Å². The molecule has 3 aromatic carbocycles. The molecule has 1 aliphatic rings. The largest absolute Gasteiger partial charge is 0.445 e. The van der Waals surface area contributed by atoms with Crippen molar-refractivity contribution in [2.45, 2.75) is 57.1 Å². The zero-order valence-corrected chi connectivity index (χ0v) is 21.1. The van der Waals surface area contributed by atoms with Crippen LogP contribution in [0.5, 0.6) is 0 Å². The molecule has 1 amide bonds. The van der Waals surface area contributed by atoms with E-state index in [2.05, 4.69) is 10.0 Å². The highest BCUT2D eigenvalue weighted by atomic mass is 16.6. The smallest absolute Gasteiger partial charge is 0.410 e. The summed E-state index contributed by atoms with van der Waals surface area (Å²) < 4.78 is 17.7. The summed E-state index contributed by atoms with van der Waals surface area (Å²) in [5.74, 6) is 0. The summed E-state index contributed by atoms with van der Waals surface area (Å²) >= 11 is 0. The summed E-state index contributed by atoms with van der Waals surface area (Å²) in [5.41, 5.74) is 11.6. The van der Waals surface area contributed by atoms with Gasteiger partial charge in [-0.2, -0.15) is 0 Å². The first-order valence-electron chi connectivity index (χ1n) is 12.6. The number of amides is 1. The van der Waals surface area contributed by atoms with Crippen LogP contribution in [0.4, 0.5) is 4.79 Å². The lowest BCUT2D eigenvalue weighted by Gasteiger charge is -2.40. The van der Waals surface area contributed by atoms with Crippen LogP contribution in [0.2, 0.25) is 0 Å². The first-order valence-corrected chi connectivity index (χ1v) is 12.6. The molecule has 4 rings (SSSR count). The van der Waals surface area contributed by atoms with Gasteiger partial charge in [0.25, 0.3) is 0 Å². The minimum atomic E-state index is -1.28. The second-order valence-electron chi connectivity index (χ2n) is 9.14. The third kappa shape index (κ3) is 7.81. The summed E-state index contributed by atoms with van der Waals surface area (Å²) in [4.78, 5) is 18.0. The Balaban J connectivity index is 1.56. The van der Waals surface area contributed by atoms with Crippen LogP contribution in [0.3, 0.4) is 0 Å². The Morgan fingerprint density at radius 1 is 0.947 bits per heavy atom. The van der Waals surface area contributed by atoms with Crippen molar-refractivity contribution < 1.29 is 24.1 Å². The number of hydrogen-bond acceptors (Lipinski definition) is 6. The lowest BCUT2D eigenvalue weighted by Crippen LogP contribution is -2.54. The maximum Gasteiger partial charge on any atom is 0.410 e. The van der Waals surface area contributed by atoms with E-state index in [1.165, 1.54) is 0 Å². The molecule has 0 radical (unpaired) electrons. The van der Waals surface area contributed by atoms with Gasteiger partial charge in [-0.25, -0.2) is 4.79 Å². The van der Waals surface area contributed by atoms with E-state index < -0.39 is 30.6 Å². The normalized spacial score (nSPS) is 19.7. The average molecular weight is 517 g/mol. The Labute approximate surface area is 222 Å². The van der Waals surface area contributed by atoms with Crippen LogP contribution in [0.15, 0.2) is 96.1 Å². The van der Waals surface area contributed by atoms with Crippen LogP contribution in [0, 0.1) is 0 Å². The molecule has 0 aliphatic carbocycles. The average Bonchev–Trinajstić information content (AvgIpc) is 2.96. The maximum atomic E-state index is 13.6. The third-order valence-corrected chi connectivity index (χ3v) is 6.46. The zero-order valence-electron chi connectivity index (χ0n) is 21.1. The molecule has 1 saturated heterocycles. The lowest BCUT2D eigenvalue weighted by atomic mass is 9.97. The number of ether oxygens (including phenoxy) is 3. The lowest BCUT2D eigenvalue weighted by molar-refractivity contribution is -0.193. The number of nitrogens with zero attached hydrogens (tertiary/aromatic N) is 4. The fraction of sp³-hybridized carbons (Fsp3) is 0.345. The van der Waals surface area contributed by atoms with Gasteiger partial charge in [0.1, 0.15) is 6.61 Å². The van der Waals surface area contributed by atoms with E-state index in [4.69, 9.17) is 19.7 Å². The molecule has 2 unspecified atom stereocenters. The van der Waals surface area contributed by atoms with Gasteiger partial charge in [-0.3, -0.25) is 4.90 Å². The standard InChI is InChI=1S/C29H32N4O5/c30-32-31-25-16-17-27(38-28(25)34)26(21-36-19-23-12-6-2-7-13-23)33(18-22-10-4-1-5-11-22)29(35)37-20-24-14-8-3-9-15-24/h1-15,25-28,34H,16-21H2/t25-,26?,27+,28?/m1/s1. The molecule has 9 nitrogen and oxygen atoms in total. The van der Waals surface area contributed by atoms with E-state index in [-0.39, 0.29) is 19.8 Å². The SMILES string of the molecule is [N-]=[N+]=N[C@@H]1CC[C@@H](C(COCc2ccccc2)N(Cc2ccccc2)C(=O)OCc2ccccc2)OC1O. The second-order valence-corrected chi connectivity index (χ2v) is 9.14. The first kappa shape index (κ1) is 27.2. The van der Waals surface area contributed by atoms with Crippen molar-refractivity contribution in [2.75, 3.05) is 6.61 Å². The Bertz CT molecular complexity index is 1180. The number of carbonyl (C=O) groups is 1. The number of benzene rings is 3. The molecule has 4 atom stereocenters. The maximum absolute atomic E-state index is 13.6. The monoisotopic (exact) mass is 516 g/mol. The second kappa shape index (κ2) is 14.2. The molecule has 1 heterocycles. The minimum Gasteiger partial charge on any atom is -0.445 e. The van der Waals surface area contributed by atoms with Gasteiger partial charge in [0.2, 0.25) is 0 Å². The quantitative estimate of drug-likeness (QED) is 0.203. The fourth-order valence-corrected chi connectivity index (χ4v) is 4.45. The molecule has 0 aromatic heterocycles. The highest BCUT2D eigenvalue weighted by Gasteiger charge is 2.39.